The molecule has 2 heteroatoms. The summed E-state index contributed by atoms with van der Waals surface area (Å²) in [5.74, 6) is 0. The molecule has 0 saturated carbocycles. The summed E-state index contributed by atoms with van der Waals surface area (Å²) in [5.41, 5.74) is 2.88. The lowest BCUT2D eigenvalue weighted by Gasteiger charge is -2.02. The molecule has 0 radical (unpaired) electrons. The van der Waals surface area contributed by atoms with Crippen molar-refractivity contribution in [3.8, 4) is 0 Å². The van der Waals surface area contributed by atoms with Crippen LogP contribution in [0.15, 0.2) is 18.3 Å². The Bertz CT molecular complexity index is 447. The van der Waals surface area contributed by atoms with Crippen LogP contribution in [0.5, 0.6) is 0 Å². The predicted octanol–water partition coefficient (Wildman–Crippen LogP) is 3.19. The molecule has 0 unspecified atom stereocenters. The number of rotatable bonds is 0. The third kappa shape index (κ3) is 0.730. The first kappa shape index (κ1) is 6.49. The van der Waals surface area contributed by atoms with Gasteiger partial charge < -0.3 is 4.98 Å². The Labute approximate surface area is 74.7 Å². The molecule has 0 aliphatic heterocycles. The average molecular weight is 175 g/mol. The van der Waals surface area contributed by atoms with Gasteiger partial charge in [0.1, 0.15) is 0 Å². The number of fused-ring (bicyclic) bond motifs is 3. The molecule has 3 rings (SSSR count). The molecule has 2 aromatic rings. The van der Waals surface area contributed by atoms with E-state index in [9.17, 15) is 0 Å². The Kier molecular flexibility index (Phi) is 1.21. The zero-order valence-electron chi connectivity index (χ0n) is 6.63. The Morgan fingerprint density at radius 1 is 1.42 bits per heavy atom. The minimum Gasteiger partial charge on any atom is -0.360 e. The van der Waals surface area contributed by atoms with Crippen LogP contribution in [0.2, 0.25) is 0 Å². The zero-order chi connectivity index (χ0) is 7.97. The molecule has 12 heavy (non-hydrogen) atoms. The van der Waals surface area contributed by atoms with Crippen LogP contribution in [0.25, 0.3) is 16.3 Å². The van der Waals surface area contributed by atoms with Gasteiger partial charge in [-0.1, -0.05) is 6.08 Å². The van der Waals surface area contributed by atoms with Gasteiger partial charge in [0.2, 0.25) is 0 Å². The van der Waals surface area contributed by atoms with E-state index in [1.807, 2.05) is 17.5 Å². The Morgan fingerprint density at radius 3 is 3.42 bits per heavy atom. The number of allylic oxidation sites excluding steroid dienone is 1. The number of H-pyrrole nitrogens is 1. The van der Waals surface area contributed by atoms with Crippen LogP contribution >= 0.6 is 11.3 Å². The van der Waals surface area contributed by atoms with Gasteiger partial charge in [-0.3, -0.25) is 0 Å². The molecule has 0 fully saturated rings. The van der Waals surface area contributed by atoms with Crippen LogP contribution in [0.3, 0.4) is 0 Å². The van der Waals surface area contributed by atoms with E-state index < -0.39 is 0 Å². The lowest BCUT2D eigenvalue weighted by Crippen LogP contribution is -1.88. The SMILES string of the molecule is C1=Cc2sc3cc[nH]c3c2CC1. The van der Waals surface area contributed by atoms with Crippen LogP contribution in [0.1, 0.15) is 16.9 Å². The van der Waals surface area contributed by atoms with Gasteiger partial charge in [-0.25, -0.2) is 0 Å². The van der Waals surface area contributed by atoms with Crippen molar-refractivity contribution in [2.75, 3.05) is 0 Å². The largest absolute Gasteiger partial charge is 0.360 e. The van der Waals surface area contributed by atoms with Gasteiger partial charge in [-0.15, -0.1) is 11.3 Å². The Hall–Kier alpha value is -1.02. The smallest absolute Gasteiger partial charge is 0.0602 e. The summed E-state index contributed by atoms with van der Waals surface area (Å²) in [6.45, 7) is 0. The third-order valence-corrected chi connectivity index (χ3v) is 3.52. The van der Waals surface area contributed by atoms with Gasteiger partial charge in [0.05, 0.1) is 10.2 Å². The summed E-state index contributed by atoms with van der Waals surface area (Å²) < 4.78 is 1.39. The lowest BCUT2D eigenvalue weighted by atomic mass is 10.0. The maximum Gasteiger partial charge on any atom is 0.0602 e. The average Bonchev–Trinajstić information content (AvgIpc) is 2.62. The summed E-state index contributed by atoms with van der Waals surface area (Å²) >= 11 is 1.89. The maximum atomic E-state index is 3.30. The van der Waals surface area contributed by atoms with E-state index >= 15 is 0 Å². The monoisotopic (exact) mass is 175 g/mol. The molecule has 0 spiro atoms. The number of aromatic amines is 1. The van der Waals surface area contributed by atoms with Crippen molar-refractivity contribution in [2.24, 2.45) is 0 Å². The first-order valence-electron chi connectivity index (χ1n) is 4.20. The number of aryl methyl sites for hydroxylation is 1. The number of thiophene rings is 1. The van der Waals surface area contributed by atoms with Crippen LogP contribution in [-0.4, -0.2) is 4.98 Å². The van der Waals surface area contributed by atoms with E-state index in [-0.39, 0.29) is 0 Å². The summed E-state index contributed by atoms with van der Waals surface area (Å²) in [6, 6.07) is 2.16. The molecule has 0 amide bonds. The first-order valence-corrected chi connectivity index (χ1v) is 5.02. The number of nitrogens with one attached hydrogen (secondary N) is 1. The second-order valence-corrected chi connectivity index (χ2v) is 4.19. The van der Waals surface area contributed by atoms with Crippen molar-refractivity contribution in [2.45, 2.75) is 12.8 Å². The number of hydrogen-bond acceptors (Lipinski definition) is 1. The number of hydrogen-bond donors (Lipinski definition) is 1. The molecule has 0 aromatic carbocycles. The molecule has 0 saturated heterocycles. The molecule has 2 aromatic heterocycles. The molecule has 0 bridgehead atoms. The van der Waals surface area contributed by atoms with E-state index in [1.165, 1.54) is 33.5 Å². The normalized spacial score (nSPS) is 15.3. The van der Waals surface area contributed by atoms with Gasteiger partial charge in [-0.2, -0.15) is 0 Å². The van der Waals surface area contributed by atoms with Crippen LogP contribution in [-0.2, 0) is 6.42 Å². The van der Waals surface area contributed by atoms with E-state index in [0.717, 1.165) is 0 Å². The highest BCUT2D eigenvalue weighted by atomic mass is 32.1. The summed E-state index contributed by atoms with van der Waals surface area (Å²) in [6.07, 6.45) is 8.93. The maximum absolute atomic E-state index is 3.30. The highest BCUT2D eigenvalue weighted by Crippen LogP contribution is 2.34. The molecular formula is C10H9NS. The third-order valence-electron chi connectivity index (χ3n) is 2.36. The Balaban J connectivity index is 2.42. The lowest BCUT2D eigenvalue weighted by molar-refractivity contribution is 1.00. The van der Waals surface area contributed by atoms with Crippen molar-refractivity contribution < 1.29 is 0 Å². The molecule has 1 N–H and O–H groups in total. The van der Waals surface area contributed by atoms with Gasteiger partial charge in [0, 0.05) is 11.1 Å². The molecule has 1 aliphatic rings. The fraction of sp³-hybridized carbons (Fsp3) is 0.200. The second kappa shape index (κ2) is 2.23. The topological polar surface area (TPSA) is 15.8 Å². The predicted molar refractivity (Wildman–Crippen MR) is 53.5 cm³/mol. The van der Waals surface area contributed by atoms with Gasteiger partial charge in [-0.05, 0) is 30.5 Å². The summed E-state index contributed by atoms with van der Waals surface area (Å²) in [7, 11) is 0. The van der Waals surface area contributed by atoms with E-state index in [1.54, 1.807) is 0 Å². The fourth-order valence-corrected chi connectivity index (χ4v) is 2.93. The van der Waals surface area contributed by atoms with E-state index in [4.69, 9.17) is 0 Å². The standard InChI is InChI=1S/C10H9NS/c1-2-4-8-7(3-1)10-9(12-8)5-6-11-10/h2,4-6,11H,1,3H2. The minimum absolute atomic E-state index is 1.19. The number of aromatic nitrogens is 1. The zero-order valence-corrected chi connectivity index (χ0v) is 7.45. The van der Waals surface area contributed by atoms with E-state index in [0.29, 0.717) is 0 Å². The van der Waals surface area contributed by atoms with E-state index in [2.05, 4.69) is 23.2 Å². The molecule has 1 nitrogen and oxygen atoms in total. The van der Waals surface area contributed by atoms with Crippen molar-refractivity contribution in [1.82, 2.24) is 4.98 Å². The van der Waals surface area contributed by atoms with Crippen LogP contribution in [0, 0.1) is 0 Å². The van der Waals surface area contributed by atoms with Crippen molar-refractivity contribution in [1.29, 1.82) is 0 Å². The summed E-state index contributed by atoms with van der Waals surface area (Å²) in [4.78, 5) is 4.75. The molecule has 0 atom stereocenters. The quantitative estimate of drug-likeness (QED) is 0.633. The molecule has 60 valence electrons. The highest BCUT2D eigenvalue weighted by molar-refractivity contribution is 7.20. The molecular weight excluding hydrogens is 166 g/mol. The van der Waals surface area contributed by atoms with Gasteiger partial charge in [0.25, 0.3) is 0 Å². The minimum atomic E-state index is 1.19. The van der Waals surface area contributed by atoms with Crippen LogP contribution in [0.4, 0.5) is 0 Å². The van der Waals surface area contributed by atoms with Crippen molar-refractivity contribution in [3.63, 3.8) is 0 Å². The Morgan fingerprint density at radius 2 is 2.42 bits per heavy atom. The first-order chi connectivity index (χ1) is 5.95. The van der Waals surface area contributed by atoms with Crippen molar-refractivity contribution in [3.05, 3.63) is 28.8 Å². The van der Waals surface area contributed by atoms with Gasteiger partial charge in [0.15, 0.2) is 0 Å². The second-order valence-electron chi connectivity index (χ2n) is 3.10. The van der Waals surface area contributed by atoms with Crippen LogP contribution < -0.4 is 0 Å². The van der Waals surface area contributed by atoms with Crippen molar-refractivity contribution >= 4 is 27.6 Å². The molecule has 1 aliphatic carbocycles. The fourth-order valence-electron chi connectivity index (χ4n) is 1.78. The highest BCUT2D eigenvalue weighted by Gasteiger charge is 2.12. The molecule has 2 heterocycles. The summed E-state index contributed by atoms with van der Waals surface area (Å²) in [5, 5.41) is 0. The van der Waals surface area contributed by atoms with Gasteiger partial charge >= 0.3 is 0 Å².